The van der Waals surface area contributed by atoms with Crippen LogP contribution in [-0.4, -0.2) is 60.9 Å². The van der Waals surface area contributed by atoms with Crippen LogP contribution < -0.4 is 4.90 Å². The zero-order valence-corrected chi connectivity index (χ0v) is 14.0. The van der Waals surface area contributed by atoms with E-state index in [0.29, 0.717) is 13.2 Å². The van der Waals surface area contributed by atoms with E-state index in [9.17, 15) is 0 Å². The van der Waals surface area contributed by atoms with Gasteiger partial charge in [0.25, 0.3) is 0 Å². The van der Waals surface area contributed by atoms with E-state index in [1.54, 1.807) is 0 Å². The van der Waals surface area contributed by atoms with Gasteiger partial charge in [0, 0.05) is 32.7 Å². The number of piperazine rings is 1. The molecule has 3 rings (SSSR count). The number of anilines is 1. The third-order valence-electron chi connectivity index (χ3n) is 4.39. The summed E-state index contributed by atoms with van der Waals surface area (Å²) in [6.07, 6.45) is 5.25. The second kappa shape index (κ2) is 7.03. The van der Waals surface area contributed by atoms with E-state index in [2.05, 4.69) is 52.5 Å². The van der Waals surface area contributed by atoms with E-state index >= 15 is 0 Å². The number of nitrogens with zero attached hydrogens (tertiary/aromatic N) is 4. The Labute approximate surface area is 137 Å². The number of imidazole rings is 1. The molecule has 0 atom stereocenters. The van der Waals surface area contributed by atoms with Gasteiger partial charge in [0.2, 0.25) is 5.95 Å². The van der Waals surface area contributed by atoms with Crippen molar-refractivity contribution in [1.29, 1.82) is 0 Å². The highest BCUT2D eigenvalue weighted by Gasteiger charge is 2.21. The number of ether oxygens (including phenoxy) is 1. The molecule has 122 valence electrons. The summed E-state index contributed by atoms with van der Waals surface area (Å²) in [7, 11) is 2.16. The maximum Gasteiger partial charge on any atom is 0.206 e. The second-order valence-electron chi connectivity index (χ2n) is 6.05. The first-order valence-corrected chi connectivity index (χ1v) is 8.11. The third kappa shape index (κ3) is 3.34. The number of benzene rings is 1. The minimum absolute atomic E-state index is 0.357. The minimum atomic E-state index is 0.357. The van der Waals surface area contributed by atoms with Crippen molar-refractivity contribution in [3.63, 3.8) is 0 Å². The van der Waals surface area contributed by atoms with Crippen LogP contribution in [0, 0.1) is 19.3 Å². The largest absolute Gasteiger partial charge is 0.367 e. The molecule has 0 aliphatic carbocycles. The van der Waals surface area contributed by atoms with E-state index in [4.69, 9.17) is 16.1 Å². The molecule has 1 aromatic carbocycles. The monoisotopic (exact) mass is 312 g/mol. The lowest BCUT2D eigenvalue weighted by molar-refractivity contribution is 0.158. The Morgan fingerprint density at radius 2 is 2.04 bits per heavy atom. The van der Waals surface area contributed by atoms with E-state index in [1.807, 2.05) is 0 Å². The summed E-state index contributed by atoms with van der Waals surface area (Å²) in [6, 6.07) is 6.34. The lowest BCUT2D eigenvalue weighted by Crippen LogP contribution is -2.45. The highest BCUT2D eigenvalue weighted by molar-refractivity contribution is 5.82. The fraction of sp³-hybridized carbons (Fsp3) is 0.500. The number of terminal acetylenes is 1. The SMILES string of the molecule is C#CCOCCn1c(N2CCN(C)CC2)nc2c(C)cccc21. The molecule has 0 N–H and O–H groups in total. The number of aryl methyl sites for hydroxylation is 1. The van der Waals surface area contributed by atoms with Crippen molar-refractivity contribution in [3.8, 4) is 12.3 Å². The molecular formula is C18H24N4O. The first-order valence-electron chi connectivity index (χ1n) is 8.11. The van der Waals surface area contributed by atoms with E-state index in [-0.39, 0.29) is 0 Å². The Bertz CT molecular complexity index is 708. The van der Waals surface area contributed by atoms with Crippen LogP contribution in [0.2, 0.25) is 0 Å². The van der Waals surface area contributed by atoms with Crippen molar-refractivity contribution in [2.45, 2.75) is 13.5 Å². The number of fused-ring (bicyclic) bond motifs is 1. The molecule has 0 saturated carbocycles. The molecule has 2 heterocycles. The van der Waals surface area contributed by atoms with Crippen molar-refractivity contribution in [2.24, 2.45) is 0 Å². The molecule has 1 aromatic heterocycles. The van der Waals surface area contributed by atoms with Crippen molar-refractivity contribution in [3.05, 3.63) is 23.8 Å². The molecule has 1 saturated heterocycles. The van der Waals surface area contributed by atoms with Crippen LogP contribution in [0.3, 0.4) is 0 Å². The van der Waals surface area contributed by atoms with Crippen molar-refractivity contribution in [1.82, 2.24) is 14.5 Å². The normalized spacial score (nSPS) is 16.0. The Hall–Kier alpha value is -2.03. The van der Waals surface area contributed by atoms with Gasteiger partial charge >= 0.3 is 0 Å². The maximum atomic E-state index is 5.48. The van der Waals surface area contributed by atoms with Gasteiger partial charge in [-0.1, -0.05) is 18.1 Å². The van der Waals surface area contributed by atoms with Gasteiger partial charge in [-0.15, -0.1) is 6.42 Å². The molecule has 0 spiro atoms. The van der Waals surface area contributed by atoms with Crippen molar-refractivity contribution in [2.75, 3.05) is 51.3 Å². The van der Waals surface area contributed by atoms with Gasteiger partial charge in [-0.05, 0) is 25.6 Å². The summed E-state index contributed by atoms with van der Waals surface area (Å²) in [5.74, 6) is 3.56. The highest BCUT2D eigenvalue weighted by Crippen LogP contribution is 2.25. The Balaban J connectivity index is 1.91. The number of rotatable bonds is 5. The van der Waals surface area contributed by atoms with E-state index in [1.165, 1.54) is 11.1 Å². The molecule has 23 heavy (non-hydrogen) atoms. The maximum absolute atomic E-state index is 5.48. The van der Waals surface area contributed by atoms with Crippen molar-refractivity contribution < 1.29 is 4.74 Å². The number of hydrogen-bond donors (Lipinski definition) is 0. The summed E-state index contributed by atoms with van der Waals surface area (Å²) in [6.45, 7) is 7.98. The van der Waals surface area contributed by atoms with Crippen LogP contribution in [0.25, 0.3) is 11.0 Å². The van der Waals surface area contributed by atoms with Crippen molar-refractivity contribution >= 4 is 17.0 Å². The van der Waals surface area contributed by atoms with Gasteiger partial charge < -0.3 is 19.1 Å². The fourth-order valence-electron chi connectivity index (χ4n) is 3.03. The first-order chi connectivity index (χ1) is 11.2. The van der Waals surface area contributed by atoms with E-state index in [0.717, 1.165) is 44.2 Å². The molecule has 0 unspecified atom stereocenters. The topological polar surface area (TPSA) is 33.5 Å². The number of aromatic nitrogens is 2. The van der Waals surface area contributed by atoms with Gasteiger partial charge in [0.1, 0.15) is 6.61 Å². The average Bonchev–Trinajstić information content (AvgIpc) is 2.93. The predicted octanol–water partition coefficient (Wildman–Crippen LogP) is 1.75. The number of para-hydroxylation sites is 1. The van der Waals surface area contributed by atoms with Crippen LogP contribution in [0.1, 0.15) is 5.56 Å². The smallest absolute Gasteiger partial charge is 0.206 e. The molecule has 0 bridgehead atoms. The Morgan fingerprint density at radius 1 is 1.26 bits per heavy atom. The molecule has 0 amide bonds. The number of hydrogen-bond acceptors (Lipinski definition) is 4. The second-order valence-corrected chi connectivity index (χ2v) is 6.05. The Kier molecular flexibility index (Phi) is 4.85. The van der Waals surface area contributed by atoms with Gasteiger partial charge in [-0.3, -0.25) is 0 Å². The summed E-state index contributed by atoms with van der Waals surface area (Å²) in [5, 5.41) is 0. The van der Waals surface area contributed by atoms with Crippen LogP contribution in [0.4, 0.5) is 5.95 Å². The molecule has 1 aliphatic rings. The lowest BCUT2D eigenvalue weighted by Gasteiger charge is -2.33. The fourth-order valence-corrected chi connectivity index (χ4v) is 3.03. The van der Waals surface area contributed by atoms with Gasteiger partial charge in [0.05, 0.1) is 17.6 Å². The zero-order chi connectivity index (χ0) is 16.2. The van der Waals surface area contributed by atoms with Gasteiger partial charge in [-0.2, -0.15) is 0 Å². The van der Waals surface area contributed by atoms with Crippen LogP contribution >= 0.6 is 0 Å². The Morgan fingerprint density at radius 3 is 2.78 bits per heavy atom. The molecule has 1 aliphatic heterocycles. The highest BCUT2D eigenvalue weighted by atomic mass is 16.5. The zero-order valence-electron chi connectivity index (χ0n) is 14.0. The molecule has 2 aromatic rings. The quantitative estimate of drug-likeness (QED) is 0.622. The van der Waals surface area contributed by atoms with Crippen LogP contribution in [-0.2, 0) is 11.3 Å². The summed E-state index contributed by atoms with van der Waals surface area (Å²) < 4.78 is 7.75. The summed E-state index contributed by atoms with van der Waals surface area (Å²) in [4.78, 5) is 9.66. The van der Waals surface area contributed by atoms with Crippen LogP contribution in [0.5, 0.6) is 0 Å². The van der Waals surface area contributed by atoms with E-state index < -0.39 is 0 Å². The molecule has 1 fully saturated rings. The lowest BCUT2D eigenvalue weighted by atomic mass is 10.2. The minimum Gasteiger partial charge on any atom is -0.367 e. The molecule has 5 nitrogen and oxygen atoms in total. The molecule has 0 radical (unpaired) electrons. The third-order valence-corrected chi connectivity index (χ3v) is 4.39. The van der Waals surface area contributed by atoms with Gasteiger partial charge in [-0.25, -0.2) is 4.98 Å². The molecular weight excluding hydrogens is 288 g/mol. The predicted molar refractivity (Wildman–Crippen MR) is 93.8 cm³/mol. The van der Waals surface area contributed by atoms with Crippen LogP contribution in [0.15, 0.2) is 18.2 Å². The average molecular weight is 312 g/mol. The standard InChI is InChI=1S/C18H24N4O/c1-4-13-23-14-12-22-16-7-5-6-15(2)17(16)19-18(22)21-10-8-20(3)9-11-21/h1,5-7H,8-14H2,2-3H3. The summed E-state index contributed by atoms with van der Waals surface area (Å²) >= 11 is 0. The first kappa shape index (κ1) is 15.9. The van der Waals surface area contributed by atoms with Gasteiger partial charge in [0.15, 0.2) is 0 Å². The molecule has 5 heteroatoms. The number of likely N-dealkylation sites (N-methyl/N-ethyl adjacent to an activating group) is 1. The summed E-state index contributed by atoms with van der Waals surface area (Å²) in [5.41, 5.74) is 3.46.